The number of carbonyl (C=O) groups excluding carboxylic acids is 2. The number of hydrogen-bond acceptors (Lipinski definition) is 4. The van der Waals surface area contributed by atoms with Crippen molar-refractivity contribution in [2.45, 2.75) is 13.0 Å². The highest BCUT2D eigenvalue weighted by molar-refractivity contribution is 5.97. The van der Waals surface area contributed by atoms with Gasteiger partial charge in [-0.1, -0.05) is 0 Å². The first-order valence-corrected chi connectivity index (χ1v) is 8.04. The SMILES string of the molecule is C[C@H](C(=O)N1CCNC1=O)[NH+]1CCN(c2ccc(O)cc2)CC1. The molecule has 0 radical (unpaired) electrons. The number of phenols is 1. The van der Waals surface area contributed by atoms with E-state index in [4.69, 9.17) is 0 Å². The molecule has 7 heteroatoms. The molecule has 3 amide bonds. The van der Waals surface area contributed by atoms with Gasteiger partial charge in [0.15, 0.2) is 6.04 Å². The fourth-order valence-corrected chi connectivity index (χ4v) is 3.24. The Balaban J connectivity index is 1.56. The Bertz CT molecular complexity index is 581. The van der Waals surface area contributed by atoms with Gasteiger partial charge in [0.2, 0.25) is 0 Å². The highest BCUT2D eigenvalue weighted by Crippen LogP contribution is 2.18. The summed E-state index contributed by atoms with van der Waals surface area (Å²) in [7, 11) is 0. The van der Waals surface area contributed by atoms with Crippen LogP contribution in [0.2, 0.25) is 0 Å². The van der Waals surface area contributed by atoms with E-state index in [9.17, 15) is 14.7 Å². The van der Waals surface area contributed by atoms with Crippen LogP contribution in [0.15, 0.2) is 24.3 Å². The van der Waals surface area contributed by atoms with Crippen molar-refractivity contribution in [3.05, 3.63) is 24.3 Å². The third-order valence-corrected chi connectivity index (χ3v) is 4.73. The predicted molar refractivity (Wildman–Crippen MR) is 85.6 cm³/mol. The number of phenolic OH excluding ortho intramolecular Hbond substituents is 1. The molecule has 7 nitrogen and oxygen atoms in total. The fourth-order valence-electron chi connectivity index (χ4n) is 3.24. The van der Waals surface area contributed by atoms with Crippen molar-refractivity contribution in [2.75, 3.05) is 44.2 Å². The number of hydrogen-bond donors (Lipinski definition) is 3. The van der Waals surface area contributed by atoms with Gasteiger partial charge >= 0.3 is 6.03 Å². The maximum absolute atomic E-state index is 12.4. The molecule has 0 bridgehead atoms. The summed E-state index contributed by atoms with van der Waals surface area (Å²) in [6, 6.07) is 6.71. The van der Waals surface area contributed by atoms with Crippen LogP contribution in [0, 0.1) is 0 Å². The summed E-state index contributed by atoms with van der Waals surface area (Å²) in [6.07, 6.45) is 0. The predicted octanol–water partition coefficient (Wildman–Crippen LogP) is -0.963. The molecule has 2 heterocycles. The molecule has 3 N–H and O–H groups in total. The largest absolute Gasteiger partial charge is 0.508 e. The first-order valence-electron chi connectivity index (χ1n) is 8.04. The van der Waals surface area contributed by atoms with E-state index in [0.29, 0.717) is 13.1 Å². The summed E-state index contributed by atoms with van der Waals surface area (Å²) in [5.41, 5.74) is 1.08. The number of imide groups is 1. The van der Waals surface area contributed by atoms with Gasteiger partial charge in [-0.3, -0.25) is 9.69 Å². The van der Waals surface area contributed by atoms with Gasteiger partial charge in [-0.2, -0.15) is 0 Å². The van der Waals surface area contributed by atoms with Crippen molar-refractivity contribution in [3.8, 4) is 5.75 Å². The van der Waals surface area contributed by atoms with E-state index in [2.05, 4.69) is 10.2 Å². The van der Waals surface area contributed by atoms with Crippen LogP contribution in [0.25, 0.3) is 0 Å². The number of anilines is 1. The number of nitrogens with one attached hydrogen (secondary N) is 2. The number of piperazine rings is 1. The smallest absolute Gasteiger partial charge is 0.324 e. The molecule has 2 saturated heterocycles. The van der Waals surface area contributed by atoms with Gasteiger partial charge in [0.05, 0.1) is 26.2 Å². The average Bonchev–Trinajstić information content (AvgIpc) is 3.00. The fraction of sp³-hybridized carbons (Fsp3) is 0.500. The zero-order valence-corrected chi connectivity index (χ0v) is 13.3. The minimum Gasteiger partial charge on any atom is -0.508 e. The Labute approximate surface area is 135 Å². The quantitative estimate of drug-likeness (QED) is 0.670. The summed E-state index contributed by atoms with van der Waals surface area (Å²) in [5.74, 6) is 0.175. The Kier molecular flexibility index (Phi) is 4.38. The Morgan fingerprint density at radius 2 is 1.87 bits per heavy atom. The zero-order chi connectivity index (χ0) is 16.4. The molecule has 1 aromatic carbocycles. The molecule has 2 aliphatic rings. The van der Waals surface area contributed by atoms with E-state index in [1.165, 1.54) is 9.80 Å². The van der Waals surface area contributed by atoms with Crippen molar-refractivity contribution in [1.29, 1.82) is 0 Å². The molecule has 1 atom stereocenters. The third kappa shape index (κ3) is 3.24. The van der Waals surface area contributed by atoms with Crippen LogP contribution in [-0.2, 0) is 4.79 Å². The number of urea groups is 1. The lowest BCUT2D eigenvalue weighted by Crippen LogP contribution is -3.19. The van der Waals surface area contributed by atoms with Crippen molar-refractivity contribution in [1.82, 2.24) is 10.2 Å². The number of nitrogens with zero attached hydrogens (tertiary/aromatic N) is 2. The lowest BCUT2D eigenvalue weighted by atomic mass is 10.2. The Morgan fingerprint density at radius 3 is 2.43 bits per heavy atom. The molecule has 1 aromatic rings. The highest BCUT2D eigenvalue weighted by atomic mass is 16.3. The number of amides is 3. The van der Waals surface area contributed by atoms with Crippen LogP contribution in [0.1, 0.15) is 6.92 Å². The summed E-state index contributed by atoms with van der Waals surface area (Å²) < 4.78 is 0. The van der Waals surface area contributed by atoms with Crippen LogP contribution >= 0.6 is 0 Å². The molecule has 3 rings (SSSR count). The number of carbonyl (C=O) groups is 2. The standard InChI is InChI=1S/C16H22N4O3/c1-12(15(22)20-7-6-17-16(20)23)18-8-10-19(11-9-18)13-2-4-14(21)5-3-13/h2-5,12,21H,6-11H2,1H3,(H,17,23)/p+1/t12-/m1/s1. The van der Waals surface area contributed by atoms with Gasteiger partial charge in [0, 0.05) is 18.8 Å². The van der Waals surface area contributed by atoms with E-state index in [-0.39, 0.29) is 23.7 Å². The van der Waals surface area contributed by atoms with E-state index < -0.39 is 0 Å². The molecule has 2 fully saturated rings. The molecule has 0 spiro atoms. The molecular weight excluding hydrogens is 296 g/mol. The molecule has 0 aromatic heterocycles. The zero-order valence-electron chi connectivity index (χ0n) is 13.3. The summed E-state index contributed by atoms with van der Waals surface area (Å²) >= 11 is 0. The van der Waals surface area contributed by atoms with Gasteiger partial charge in [0.1, 0.15) is 5.75 Å². The van der Waals surface area contributed by atoms with Gasteiger partial charge in [-0.25, -0.2) is 4.79 Å². The van der Waals surface area contributed by atoms with Gasteiger partial charge in [-0.05, 0) is 31.2 Å². The number of aromatic hydroxyl groups is 1. The number of benzene rings is 1. The van der Waals surface area contributed by atoms with E-state index >= 15 is 0 Å². The molecule has 0 saturated carbocycles. The van der Waals surface area contributed by atoms with Crippen LogP contribution in [0.3, 0.4) is 0 Å². The molecule has 0 aliphatic carbocycles. The topological polar surface area (TPSA) is 77.3 Å². The first kappa shape index (κ1) is 15.6. The van der Waals surface area contributed by atoms with Crippen LogP contribution in [-0.4, -0.2) is 67.3 Å². The van der Waals surface area contributed by atoms with Gasteiger partial charge < -0.3 is 20.2 Å². The van der Waals surface area contributed by atoms with Crippen molar-refractivity contribution < 1.29 is 19.6 Å². The minimum absolute atomic E-state index is 0.0897. The normalized spacial score (nSPS) is 20.5. The number of rotatable bonds is 3. The lowest BCUT2D eigenvalue weighted by molar-refractivity contribution is -0.915. The van der Waals surface area contributed by atoms with Crippen molar-refractivity contribution in [3.63, 3.8) is 0 Å². The average molecular weight is 319 g/mol. The third-order valence-electron chi connectivity index (χ3n) is 4.73. The van der Waals surface area contributed by atoms with Gasteiger partial charge in [-0.15, -0.1) is 0 Å². The van der Waals surface area contributed by atoms with Crippen molar-refractivity contribution >= 4 is 17.6 Å². The summed E-state index contributed by atoms with van der Waals surface area (Å²) in [4.78, 5) is 28.9. The number of quaternary nitrogens is 1. The second-order valence-electron chi connectivity index (χ2n) is 6.11. The Hall–Kier alpha value is -2.28. The molecule has 0 unspecified atom stereocenters. The van der Waals surface area contributed by atoms with E-state index in [0.717, 1.165) is 31.9 Å². The second kappa shape index (κ2) is 6.45. The summed E-state index contributed by atoms with van der Waals surface area (Å²) in [6.45, 7) is 6.32. The first-order chi connectivity index (χ1) is 11.1. The second-order valence-corrected chi connectivity index (χ2v) is 6.11. The van der Waals surface area contributed by atoms with Gasteiger partial charge in [0.25, 0.3) is 5.91 Å². The lowest BCUT2D eigenvalue weighted by Gasteiger charge is -2.36. The van der Waals surface area contributed by atoms with E-state index in [1.54, 1.807) is 12.1 Å². The van der Waals surface area contributed by atoms with Crippen LogP contribution < -0.4 is 15.1 Å². The maximum Gasteiger partial charge on any atom is 0.324 e. The Morgan fingerprint density at radius 1 is 1.22 bits per heavy atom. The minimum atomic E-state index is -0.274. The van der Waals surface area contributed by atoms with Crippen LogP contribution in [0.5, 0.6) is 5.75 Å². The molecular formula is C16H23N4O3+. The summed E-state index contributed by atoms with van der Waals surface area (Å²) in [5, 5.41) is 12.0. The highest BCUT2D eigenvalue weighted by Gasteiger charge is 2.36. The monoisotopic (exact) mass is 319 g/mol. The maximum atomic E-state index is 12.4. The van der Waals surface area contributed by atoms with Crippen molar-refractivity contribution in [2.24, 2.45) is 0 Å². The molecule has 23 heavy (non-hydrogen) atoms. The van der Waals surface area contributed by atoms with Crippen LogP contribution in [0.4, 0.5) is 10.5 Å². The molecule has 2 aliphatic heterocycles. The molecule has 124 valence electrons. The van der Waals surface area contributed by atoms with E-state index in [1.807, 2.05) is 19.1 Å².